The minimum atomic E-state index is -1.02. The minimum absolute atomic E-state index is 0.149. The molecule has 4 rings (SSSR count). The van der Waals surface area contributed by atoms with Crippen LogP contribution in [0.15, 0.2) is 66.7 Å². The second kappa shape index (κ2) is 7.81. The summed E-state index contributed by atoms with van der Waals surface area (Å²) in [4.78, 5) is 11.4. The molecule has 8 nitrogen and oxygen atoms in total. The molecule has 0 saturated carbocycles. The van der Waals surface area contributed by atoms with E-state index in [4.69, 9.17) is 5.73 Å². The Kier molecular flexibility index (Phi) is 4.90. The van der Waals surface area contributed by atoms with Gasteiger partial charge in [0.25, 0.3) is 0 Å². The van der Waals surface area contributed by atoms with Gasteiger partial charge in [0, 0.05) is 12.1 Å². The van der Waals surface area contributed by atoms with Crippen molar-refractivity contribution in [2.45, 2.75) is 6.54 Å². The molecule has 5 N–H and O–H groups in total. The molecule has 0 aliphatic rings. The summed E-state index contributed by atoms with van der Waals surface area (Å²) in [7, 11) is 0. The van der Waals surface area contributed by atoms with Gasteiger partial charge in [-0.1, -0.05) is 54.6 Å². The molecule has 0 aliphatic heterocycles. The van der Waals surface area contributed by atoms with Gasteiger partial charge in [0.2, 0.25) is 0 Å². The minimum Gasteiger partial charge on any atom is -0.478 e. The lowest BCUT2D eigenvalue weighted by molar-refractivity contribution is 0.0698. The molecule has 0 aliphatic carbocycles. The molecule has 0 unspecified atom stereocenters. The van der Waals surface area contributed by atoms with Gasteiger partial charge >= 0.3 is 5.97 Å². The van der Waals surface area contributed by atoms with Crippen LogP contribution >= 0.6 is 0 Å². The lowest BCUT2D eigenvalue weighted by Gasteiger charge is -2.13. The number of carboxylic acids is 1. The zero-order valence-corrected chi connectivity index (χ0v) is 15.3. The van der Waals surface area contributed by atoms with Gasteiger partial charge in [-0.05, 0) is 39.2 Å². The fourth-order valence-corrected chi connectivity index (χ4v) is 3.15. The maximum absolute atomic E-state index is 11.4. The third-order valence-corrected chi connectivity index (χ3v) is 4.59. The first-order chi connectivity index (χ1) is 14.1. The van der Waals surface area contributed by atoms with Crippen molar-refractivity contribution in [3.63, 3.8) is 0 Å². The molecule has 0 bridgehead atoms. The molecule has 0 fully saturated rings. The van der Waals surface area contributed by atoms with Crippen molar-refractivity contribution in [3.8, 4) is 22.5 Å². The smallest absolute Gasteiger partial charge is 0.337 e. The number of nitrogens with zero attached hydrogens (tertiary/aromatic N) is 3. The molecule has 4 aromatic rings. The number of para-hydroxylation sites is 1. The number of hydrogen-bond donors (Lipinski definition) is 4. The van der Waals surface area contributed by atoms with E-state index in [1.165, 1.54) is 6.07 Å². The Hall–Kier alpha value is -4.20. The van der Waals surface area contributed by atoms with E-state index in [0.717, 1.165) is 22.3 Å². The van der Waals surface area contributed by atoms with Crippen LogP contribution in [0, 0.1) is 0 Å². The predicted molar refractivity (Wildman–Crippen MR) is 110 cm³/mol. The molecule has 0 atom stereocenters. The van der Waals surface area contributed by atoms with Crippen LogP contribution in [0.4, 0.5) is 11.4 Å². The molecule has 29 heavy (non-hydrogen) atoms. The molecule has 0 amide bonds. The number of anilines is 2. The summed E-state index contributed by atoms with van der Waals surface area (Å²) in [5.74, 6) is -0.416. The number of aromatic carboxylic acids is 1. The molecule has 8 heteroatoms. The highest BCUT2D eigenvalue weighted by Crippen LogP contribution is 2.30. The molecular weight excluding hydrogens is 368 g/mol. The van der Waals surface area contributed by atoms with Crippen LogP contribution in [0.5, 0.6) is 0 Å². The Balaban J connectivity index is 1.56. The SMILES string of the molecule is Nc1cccc(C(=O)O)c1NCc1ccc(-c2ccccc2-c2nnn[nH]2)cc1. The Labute approximate surface area is 166 Å². The molecule has 144 valence electrons. The zero-order valence-electron chi connectivity index (χ0n) is 15.3. The summed E-state index contributed by atoms with van der Waals surface area (Å²) < 4.78 is 0. The standard InChI is InChI=1S/C21H18N6O2/c22-18-7-3-6-17(21(28)29)19(18)23-12-13-8-10-14(11-9-13)15-4-1-2-5-16(15)20-24-26-27-25-20/h1-11,23H,12,22H2,(H,28,29)(H,24,25,26,27). The second-order valence-corrected chi connectivity index (χ2v) is 6.42. The number of nitrogen functional groups attached to an aromatic ring is 1. The number of carbonyl (C=O) groups is 1. The number of benzene rings is 3. The molecule has 3 aromatic carbocycles. The predicted octanol–water partition coefficient (Wildman–Crippen LogP) is 3.43. The van der Waals surface area contributed by atoms with Gasteiger partial charge in [0.05, 0.1) is 16.9 Å². The van der Waals surface area contributed by atoms with Crippen molar-refractivity contribution in [1.29, 1.82) is 0 Å². The van der Waals surface area contributed by atoms with Crippen molar-refractivity contribution in [3.05, 3.63) is 77.9 Å². The number of nitrogens with one attached hydrogen (secondary N) is 2. The van der Waals surface area contributed by atoms with E-state index in [1.807, 2.05) is 48.5 Å². The van der Waals surface area contributed by atoms with Crippen molar-refractivity contribution < 1.29 is 9.90 Å². The maximum atomic E-state index is 11.4. The summed E-state index contributed by atoms with van der Waals surface area (Å²) >= 11 is 0. The van der Waals surface area contributed by atoms with Crippen LogP contribution in [-0.4, -0.2) is 31.7 Å². The van der Waals surface area contributed by atoms with Crippen molar-refractivity contribution in [1.82, 2.24) is 20.6 Å². The molecule has 1 heterocycles. The normalized spacial score (nSPS) is 10.6. The average Bonchev–Trinajstić information content (AvgIpc) is 3.28. The number of nitrogens with two attached hydrogens (primary N) is 1. The van der Waals surface area contributed by atoms with Crippen molar-refractivity contribution in [2.75, 3.05) is 11.1 Å². The van der Waals surface area contributed by atoms with Gasteiger partial charge in [-0.2, -0.15) is 0 Å². The van der Waals surface area contributed by atoms with E-state index in [9.17, 15) is 9.90 Å². The van der Waals surface area contributed by atoms with Gasteiger partial charge in [-0.3, -0.25) is 0 Å². The number of carboxylic acid groups (broad SMARTS) is 1. The Morgan fingerprint density at radius 1 is 1.00 bits per heavy atom. The van der Waals surface area contributed by atoms with Crippen molar-refractivity contribution >= 4 is 17.3 Å². The Bertz CT molecular complexity index is 1140. The summed E-state index contributed by atoms with van der Waals surface area (Å²) in [6.45, 7) is 0.447. The summed E-state index contributed by atoms with van der Waals surface area (Å²) in [6.07, 6.45) is 0. The maximum Gasteiger partial charge on any atom is 0.337 e. The fourth-order valence-electron chi connectivity index (χ4n) is 3.15. The van der Waals surface area contributed by atoms with E-state index in [2.05, 4.69) is 25.9 Å². The van der Waals surface area contributed by atoms with Crippen LogP contribution in [-0.2, 0) is 6.54 Å². The molecule has 0 radical (unpaired) electrons. The van der Waals surface area contributed by atoms with Gasteiger partial charge in [0.1, 0.15) is 0 Å². The number of tetrazole rings is 1. The van der Waals surface area contributed by atoms with E-state index >= 15 is 0 Å². The molecule has 0 saturated heterocycles. The third-order valence-electron chi connectivity index (χ3n) is 4.59. The first-order valence-electron chi connectivity index (χ1n) is 8.91. The molecule has 0 spiro atoms. The Morgan fingerprint density at radius 2 is 1.76 bits per heavy atom. The highest BCUT2D eigenvalue weighted by molar-refractivity contribution is 5.97. The monoisotopic (exact) mass is 386 g/mol. The summed E-state index contributed by atoms with van der Waals surface area (Å²) in [6, 6.07) is 20.7. The lowest BCUT2D eigenvalue weighted by atomic mass is 9.98. The zero-order chi connectivity index (χ0) is 20.2. The van der Waals surface area contributed by atoms with Gasteiger partial charge in [-0.25, -0.2) is 9.89 Å². The van der Waals surface area contributed by atoms with Crippen LogP contribution in [0.2, 0.25) is 0 Å². The quantitative estimate of drug-likeness (QED) is 0.374. The number of rotatable bonds is 6. The van der Waals surface area contributed by atoms with Crippen LogP contribution in [0.25, 0.3) is 22.5 Å². The average molecular weight is 386 g/mol. The summed E-state index contributed by atoms with van der Waals surface area (Å²) in [5, 5.41) is 26.6. The first kappa shape index (κ1) is 18.2. The highest BCUT2D eigenvalue weighted by atomic mass is 16.4. The Morgan fingerprint density at radius 3 is 2.45 bits per heavy atom. The van der Waals surface area contributed by atoms with Crippen molar-refractivity contribution in [2.24, 2.45) is 0 Å². The van der Waals surface area contributed by atoms with Gasteiger partial charge in [-0.15, -0.1) is 5.10 Å². The number of aromatic amines is 1. The topological polar surface area (TPSA) is 130 Å². The van der Waals surface area contributed by atoms with Crippen LogP contribution in [0.3, 0.4) is 0 Å². The van der Waals surface area contributed by atoms with E-state index in [0.29, 0.717) is 23.7 Å². The van der Waals surface area contributed by atoms with Crippen LogP contribution in [0.1, 0.15) is 15.9 Å². The van der Waals surface area contributed by atoms with E-state index in [1.54, 1.807) is 12.1 Å². The van der Waals surface area contributed by atoms with Gasteiger partial charge < -0.3 is 16.2 Å². The lowest BCUT2D eigenvalue weighted by Crippen LogP contribution is -2.08. The van der Waals surface area contributed by atoms with Gasteiger partial charge in [0.15, 0.2) is 5.82 Å². The van der Waals surface area contributed by atoms with Crippen LogP contribution < -0.4 is 11.1 Å². The van der Waals surface area contributed by atoms with E-state index in [-0.39, 0.29) is 5.56 Å². The number of hydrogen-bond acceptors (Lipinski definition) is 6. The van der Waals surface area contributed by atoms with E-state index < -0.39 is 5.97 Å². The third kappa shape index (κ3) is 3.77. The highest BCUT2D eigenvalue weighted by Gasteiger charge is 2.13. The fraction of sp³-hybridized carbons (Fsp3) is 0.0476. The summed E-state index contributed by atoms with van der Waals surface area (Å²) in [5.41, 5.74) is 10.8. The number of aromatic nitrogens is 4. The molecular formula is C21H18N6O2. The largest absolute Gasteiger partial charge is 0.478 e. The first-order valence-corrected chi connectivity index (χ1v) is 8.91. The second-order valence-electron chi connectivity index (χ2n) is 6.42. The number of H-pyrrole nitrogens is 1. The molecule has 1 aromatic heterocycles.